The molecule has 22 heavy (non-hydrogen) atoms. The van der Waals surface area contributed by atoms with E-state index in [2.05, 4.69) is 10.3 Å². The number of pyridine rings is 1. The maximum atomic E-state index is 12.4. The molecule has 2 aromatic rings. The number of nitrogens with one attached hydrogen (secondary N) is 2. The average Bonchev–Trinajstić information content (AvgIpc) is 2.93. The number of para-hydroxylation sites is 1. The van der Waals surface area contributed by atoms with Crippen molar-refractivity contribution < 1.29 is 4.79 Å². The number of benzene rings is 1. The van der Waals surface area contributed by atoms with E-state index >= 15 is 0 Å². The van der Waals surface area contributed by atoms with Crippen molar-refractivity contribution in [2.24, 2.45) is 11.7 Å². The Morgan fingerprint density at radius 3 is 2.86 bits per heavy atom. The van der Waals surface area contributed by atoms with E-state index < -0.39 is 0 Å². The summed E-state index contributed by atoms with van der Waals surface area (Å²) in [6.45, 7) is 0.568. The van der Waals surface area contributed by atoms with Gasteiger partial charge in [0.15, 0.2) is 0 Å². The van der Waals surface area contributed by atoms with E-state index in [1.54, 1.807) is 6.07 Å². The molecular formula is C16H20ClN3O2. The van der Waals surface area contributed by atoms with E-state index in [1.165, 1.54) is 0 Å². The van der Waals surface area contributed by atoms with Crippen LogP contribution in [0.15, 0.2) is 35.1 Å². The Labute approximate surface area is 134 Å². The van der Waals surface area contributed by atoms with Crippen LogP contribution in [0.3, 0.4) is 0 Å². The molecule has 1 aliphatic rings. The molecule has 1 heterocycles. The standard InChI is InChI=1S/C16H19N3O2.ClH/c17-9-11-5-3-7-14(11)19-16(21)12-8-10-4-1-2-6-13(10)18-15(12)20;/h1-2,4,6,8,11,14H,3,5,7,9,17H2,(H,18,20)(H,19,21);1H. The number of carbonyl (C=O) groups is 1. The van der Waals surface area contributed by atoms with Crippen LogP contribution in [0.5, 0.6) is 0 Å². The summed E-state index contributed by atoms with van der Waals surface area (Å²) in [6, 6.07) is 9.15. The number of fused-ring (bicyclic) bond motifs is 1. The zero-order chi connectivity index (χ0) is 14.8. The van der Waals surface area contributed by atoms with Crippen molar-refractivity contribution in [3.63, 3.8) is 0 Å². The first-order valence-electron chi connectivity index (χ1n) is 7.32. The fraction of sp³-hybridized carbons (Fsp3) is 0.375. The van der Waals surface area contributed by atoms with E-state index in [0.717, 1.165) is 30.2 Å². The van der Waals surface area contributed by atoms with Crippen LogP contribution >= 0.6 is 12.4 Å². The first-order valence-corrected chi connectivity index (χ1v) is 7.32. The molecule has 0 saturated heterocycles. The molecule has 1 amide bonds. The van der Waals surface area contributed by atoms with Crippen LogP contribution in [0.2, 0.25) is 0 Å². The van der Waals surface area contributed by atoms with Gasteiger partial charge in [0, 0.05) is 11.6 Å². The molecule has 0 bridgehead atoms. The lowest BCUT2D eigenvalue weighted by Gasteiger charge is -2.19. The number of halogens is 1. The number of hydrogen-bond acceptors (Lipinski definition) is 3. The number of hydrogen-bond donors (Lipinski definition) is 3. The number of carbonyl (C=O) groups excluding carboxylic acids is 1. The number of nitrogens with two attached hydrogens (primary N) is 1. The first kappa shape index (κ1) is 16.5. The summed E-state index contributed by atoms with van der Waals surface area (Å²) in [5.41, 5.74) is 6.27. The number of aromatic nitrogens is 1. The van der Waals surface area contributed by atoms with Gasteiger partial charge in [0.05, 0.1) is 0 Å². The van der Waals surface area contributed by atoms with Gasteiger partial charge < -0.3 is 16.0 Å². The Balaban J connectivity index is 0.00000176. The topological polar surface area (TPSA) is 88.0 Å². The van der Waals surface area contributed by atoms with Gasteiger partial charge >= 0.3 is 0 Å². The zero-order valence-electron chi connectivity index (χ0n) is 12.2. The second-order valence-electron chi connectivity index (χ2n) is 5.61. The summed E-state index contributed by atoms with van der Waals surface area (Å²) in [4.78, 5) is 27.2. The molecule has 0 spiro atoms. The van der Waals surface area contributed by atoms with Crippen LogP contribution in [0.1, 0.15) is 29.6 Å². The molecule has 6 heteroatoms. The minimum Gasteiger partial charge on any atom is -0.349 e. The van der Waals surface area contributed by atoms with Crippen molar-refractivity contribution in [1.29, 1.82) is 0 Å². The normalized spacial score (nSPS) is 20.6. The smallest absolute Gasteiger partial charge is 0.261 e. The third-order valence-electron chi connectivity index (χ3n) is 4.28. The van der Waals surface area contributed by atoms with E-state index in [1.807, 2.05) is 24.3 Å². The Hall–Kier alpha value is -1.85. The lowest BCUT2D eigenvalue weighted by Crippen LogP contribution is -2.41. The average molecular weight is 322 g/mol. The van der Waals surface area contributed by atoms with Gasteiger partial charge in [0.1, 0.15) is 5.56 Å². The van der Waals surface area contributed by atoms with E-state index in [4.69, 9.17) is 5.73 Å². The third kappa shape index (κ3) is 3.15. The lowest BCUT2D eigenvalue weighted by molar-refractivity contribution is 0.0927. The molecule has 2 atom stereocenters. The largest absolute Gasteiger partial charge is 0.349 e. The highest BCUT2D eigenvalue weighted by Crippen LogP contribution is 2.24. The molecular weight excluding hydrogens is 302 g/mol. The molecule has 3 rings (SSSR count). The first-order chi connectivity index (χ1) is 10.2. The summed E-state index contributed by atoms with van der Waals surface area (Å²) in [5.74, 6) is 0.000779. The van der Waals surface area contributed by atoms with Crippen molar-refractivity contribution in [2.75, 3.05) is 6.54 Å². The summed E-state index contributed by atoms with van der Waals surface area (Å²) < 4.78 is 0. The molecule has 1 aromatic heterocycles. The van der Waals surface area contributed by atoms with Gasteiger partial charge in [-0.25, -0.2) is 0 Å². The Kier molecular flexibility index (Phi) is 5.21. The van der Waals surface area contributed by atoms with Gasteiger partial charge in [0.2, 0.25) is 0 Å². The number of amides is 1. The van der Waals surface area contributed by atoms with Gasteiger partial charge in [-0.2, -0.15) is 0 Å². The van der Waals surface area contributed by atoms with Gasteiger partial charge in [-0.05, 0) is 42.8 Å². The van der Waals surface area contributed by atoms with Crippen molar-refractivity contribution in [2.45, 2.75) is 25.3 Å². The second kappa shape index (κ2) is 6.94. The molecule has 5 nitrogen and oxygen atoms in total. The number of aromatic amines is 1. The summed E-state index contributed by atoms with van der Waals surface area (Å²) in [6.07, 6.45) is 3.04. The highest BCUT2D eigenvalue weighted by Gasteiger charge is 2.28. The Bertz CT molecular complexity index is 729. The van der Waals surface area contributed by atoms with Crippen molar-refractivity contribution in [3.8, 4) is 0 Å². The number of rotatable bonds is 3. The summed E-state index contributed by atoms with van der Waals surface area (Å²) in [5, 5.41) is 3.81. The predicted molar refractivity (Wildman–Crippen MR) is 89.5 cm³/mol. The van der Waals surface area contributed by atoms with E-state index in [9.17, 15) is 9.59 Å². The Morgan fingerprint density at radius 2 is 2.09 bits per heavy atom. The highest BCUT2D eigenvalue weighted by atomic mass is 35.5. The van der Waals surface area contributed by atoms with Crippen LogP contribution in [0, 0.1) is 5.92 Å². The molecule has 0 aliphatic heterocycles. The fourth-order valence-electron chi connectivity index (χ4n) is 3.07. The fourth-order valence-corrected chi connectivity index (χ4v) is 3.07. The molecule has 1 aliphatic carbocycles. The Morgan fingerprint density at radius 1 is 1.32 bits per heavy atom. The van der Waals surface area contributed by atoms with Crippen LogP contribution in [0.25, 0.3) is 10.9 Å². The molecule has 1 aromatic carbocycles. The van der Waals surface area contributed by atoms with Crippen LogP contribution < -0.4 is 16.6 Å². The molecule has 118 valence electrons. The molecule has 1 fully saturated rings. The maximum Gasteiger partial charge on any atom is 0.261 e. The van der Waals surface area contributed by atoms with E-state index in [0.29, 0.717) is 12.5 Å². The van der Waals surface area contributed by atoms with E-state index in [-0.39, 0.29) is 35.5 Å². The molecule has 4 N–H and O–H groups in total. The van der Waals surface area contributed by atoms with Crippen LogP contribution in [-0.4, -0.2) is 23.5 Å². The van der Waals surface area contributed by atoms with Gasteiger partial charge in [0.25, 0.3) is 11.5 Å². The zero-order valence-corrected chi connectivity index (χ0v) is 13.0. The minimum atomic E-state index is -0.353. The van der Waals surface area contributed by atoms with Gasteiger partial charge in [-0.15, -0.1) is 12.4 Å². The predicted octanol–water partition coefficient (Wildman–Crippen LogP) is 1.81. The minimum absolute atomic E-state index is 0. The van der Waals surface area contributed by atoms with Gasteiger partial charge in [-0.3, -0.25) is 9.59 Å². The third-order valence-corrected chi connectivity index (χ3v) is 4.28. The summed E-state index contributed by atoms with van der Waals surface area (Å²) >= 11 is 0. The SMILES string of the molecule is Cl.NCC1CCCC1NC(=O)c1cc2ccccc2[nH]c1=O. The van der Waals surface area contributed by atoms with Gasteiger partial charge in [-0.1, -0.05) is 24.6 Å². The molecule has 2 unspecified atom stereocenters. The van der Waals surface area contributed by atoms with Crippen molar-refractivity contribution in [1.82, 2.24) is 10.3 Å². The van der Waals surface area contributed by atoms with Crippen molar-refractivity contribution >= 4 is 29.2 Å². The number of H-pyrrole nitrogens is 1. The monoisotopic (exact) mass is 321 g/mol. The van der Waals surface area contributed by atoms with Crippen LogP contribution in [-0.2, 0) is 0 Å². The second-order valence-corrected chi connectivity index (χ2v) is 5.61. The quantitative estimate of drug-likeness (QED) is 0.805. The van der Waals surface area contributed by atoms with Crippen molar-refractivity contribution in [3.05, 3.63) is 46.2 Å². The molecule has 1 saturated carbocycles. The van der Waals surface area contributed by atoms with Crippen LogP contribution in [0.4, 0.5) is 0 Å². The molecule has 0 radical (unpaired) electrons. The maximum absolute atomic E-state index is 12.4. The highest BCUT2D eigenvalue weighted by molar-refractivity contribution is 5.97. The lowest BCUT2D eigenvalue weighted by atomic mass is 10.0. The summed E-state index contributed by atoms with van der Waals surface area (Å²) in [7, 11) is 0.